The van der Waals surface area contributed by atoms with Gasteiger partial charge in [-0.15, -0.1) is 0 Å². The lowest BCUT2D eigenvalue weighted by molar-refractivity contribution is -0.138. The molecule has 0 N–H and O–H groups in total. The number of ether oxygens (including phenoxy) is 1. The van der Waals surface area contributed by atoms with Crippen molar-refractivity contribution in [1.29, 1.82) is 0 Å². The number of esters is 1. The van der Waals surface area contributed by atoms with Crippen LogP contribution in [-0.4, -0.2) is 37.2 Å². The highest BCUT2D eigenvalue weighted by atomic mass is 79.9. The molecule has 0 aliphatic heterocycles. The zero-order valence-electron chi connectivity index (χ0n) is 15.1. The zero-order valence-corrected chi connectivity index (χ0v) is 17.6. The van der Waals surface area contributed by atoms with Crippen LogP contribution in [0.1, 0.15) is 66.2 Å². The molecule has 0 radical (unpaired) electrons. The third-order valence-corrected chi connectivity index (χ3v) is 9.03. The van der Waals surface area contributed by atoms with Crippen LogP contribution < -0.4 is 17.0 Å². The van der Waals surface area contributed by atoms with Crippen molar-refractivity contribution in [3.05, 3.63) is 12.2 Å². The van der Waals surface area contributed by atoms with Gasteiger partial charge in [-0.25, -0.2) is 4.79 Å². The molecule has 0 rings (SSSR count). The maximum atomic E-state index is 11.6. The van der Waals surface area contributed by atoms with Gasteiger partial charge in [-0.3, -0.25) is 0 Å². The number of carbonyl (C=O) groups is 1. The molecule has 2 nitrogen and oxygen atoms in total. The lowest BCUT2D eigenvalue weighted by Gasteiger charge is -2.27. The second kappa shape index (κ2) is 14.7. The van der Waals surface area contributed by atoms with Crippen LogP contribution >= 0.6 is 7.26 Å². The SMILES string of the molecule is C=C(C)C(=O)OCC[P+](CCCC)(CCCC)CCCC.[Br-]. The summed E-state index contributed by atoms with van der Waals surface area (Å²) in [5, 5.41) is 0. The topological polar surface area (TPSA) is 26.3 Å². The predicted molar refractivity (Wildman–Crippen MR) is 96.9 cm³/mol. The summed E-state index contributed by atoms with van der Waals surface area (Å²) in [4.78, 5) is 11.6. The van der Waals surface area contributed by atoms with Crippen LogP contribution in [-0.2, 0) is 9.53 Å². The molecule has 0 bridgehead atoms. The average Bonchev–Trinajstić information content (AvgIpc) is 2.48. The summed E-state index contributed by atoms with van der Waals surface area (Å²) in [5.41, 5.74) is 0.509. The summed E-state index contributed by atoms with van der Waals surface area (Å²) in [6, 6.07) is 0. The first-order valence-electron chi connectivity index (χ1n) is 8.69. The van der Waals surface area contributed by atoms with Gasteiger partial charge in [0.15, 0.2) is 0 Å². The summed E-state index contributed by atoms with van der Waals surface area (Å²) in [5.74, 6) is -0.227. The van der Waals surface area contributed by atoms with E-state index < -0.39 is 7.26 Å². The second-order valence-electron chi connectivity index (χ2n) is 6.21. The van der Waals surface area contributed by atoms with Crippen molar-refractivity contribution in [2.45, 2.75) is 66.2 Å². The van der Waals surface area contributed by atoms with E-state index in [0.29, 0.717) is 12.2 Å². The van der Waals surface area contributed by atoms with Crippen molar-refractivity contribution in [3.8, 4) is 0 Å². The fraction of sp³-hybridized carbons (Fsp3) is 0.833. The molecule has 0 atom stereocenters. The maximum absolute atomic E-state index is 11.6. The molecule has 132 valence electrons. The minimum absolute atomic E-state index is 0. The van der Waals surface area contributed by atoms with Gasteiger partial charge in [0.2, 0.25) is 0 Å². The van der Waals surface area contributed by atoms with Gasteiger partial charge in [-0.2, -0.15) is 0 Å². The van der Waals surface area contributed by atoms with Crippen LogP contribution in [0.5, 0.6) is 0 Å². The molecule has 0 heterocycles. The Morgan fingerprint density at radius 2 is 1.32 bits per heavy atom. The van der Waals surface area contributed by atoms with Gasteiger partial charge in [-0.1, -0.05) is 46.6 Å². The highest BCUT2D eigenvalue weighted by molar-refractivity contribution is 7.75. The number of hydrogen-bond acceptors (Lipinski definition) is 2. The van der Waals surface area contributed by atoms with Crippen LogP contribution in [0.2, 0.25) is 0 Å². The average molecular weight is 395 g/mol. The Bertz CT molecular complexity index is 284. The van der Waals surface area contributed by atoms with Gasteiger partial charge in [0.05, 0.1) is 24.6 Å². The molecule has 0 fully saturated rings. The molecule has 0 saturated heterocycles. The van der Waals surface area contributed by atoms with Crippen molar-refractivity contribution in [2.75, 3.05) is 31.3 Å². The highest BCUT2D eigenvalue weighted by Crippen LogP contribution is 2.60. The molecular formula is C18H36BrO2P. The van der Waals surface area contributed by atoms with E-state index in [1.165, 1.54) is 57.0 Å². The van der Waals surface area contributed by atoms with Gasteiger partial charge < -0.3 is 21.7 Å². The zero-order chi connectivity index (χ0) is 16.1. The third-order valence-electron chi connectivity index (χ3n) is 4.11. The Morgan fingerprint density at radius 3 is 1.64 bits per heavy atom. The summed E-state index contributed by atoms with van der Waals surface area (Å²) in [6.07, 6.45) is 13.1. The van der Waals surface area contributed by atoms with E-state index in [2.05, 4.69) is 27.4 Å². The van der Waals surface area contributed by atoms with Gasteiger partial charge in [0.25, 0.3) is 0 Å². The quantitative estimate of drug-likeness (QED) is 0.272. The molecule has 4 heteroatoms. The minimum Gasteiger partial charge on any atom is -1.00 e. The van der Waals surface area contributed by atoms with Crippen LogP contribution in [0.25, 0.3) is 0 Å². The van der Waals surface area contributed by atoms with Gasteiger partial charge in [0.1, 0.15) is 6.61 Å². The summed E-state index contributed by atoms with van der Waals surface area (Å²) < 4.78 is 5.39. The lowest BCUT2D eigenvalue weighted by atomic mass is 10.4. The van der Waals surface area contributed by atoms with E-state index in [4.69, 9.17) is 4.74 Å². The van der Waals surface area contributed by atoms with Crippen molar-refractivity contribution in [2.24, 2.45) is 0 Å². The van der Waals surface area contributed by atoms with Crippen molar-refractivity contribution < 1.29 is 26.5 Å². The monoisotopic (exact) mass is 394 g/mol. The Balaban J connectivity index is 0. The number of halogens is 1. The fourth-order valence-corrected chi connectivity index (χ4v) is 7.39. The maximum Gasteiger partial charge on any atom is 0.333 e. The van der Waals surface area contributed by atoms with Gasteiger partial charge in [-0.05, 0) is 26.2 Å². The van der Waals surface area contributed by atoms with Crippen molar-refractivity contribution >= 4 is 13.2 Å². The molecule has 0 aliphatic carbocycles. The Labute approximate surface area is 149 Å². The Kier molecular flexibility index (Phi) is 16.3. The molecule has 0 aromatic rings. The smallest absolute Gasteiger partial charge is 0.333 e. The summed E-state index contributed by atoms with van der Waals surface area (Å²) >= 11 is 0. The van der Waals surface area contributed by atoms with Crippen molar-refractivity contribution in [1.82, 2.24) is 0 Å². The van der Waals surface area contributed by atoms with Crippen LogP contribution in [0.3, 0.4) is 0 Å². The van der Waals surface area contributed by atoms with E-state index in [9.17, 15) is 4.79 Å². The van der Waals surface area contributed by atoms with Crippen molar-refractivity contribution in [3.63, 3.8) is 0 Å². The first kappa shape index (κ1) is 24.4. The third kappa shape index (κ3) is 10.8. The molecule has 0 aliphatic rings. The number of rotatable bonds is 13. The molecule has 0 aromatic carbocycles. The standard InChI is InChI=1S/C18H36O2P.BrH/c1-6-9-13-21(14-10-7-2,15-11-8-3)16-12-20-18(19)17(4)5;/h4,6-16H2,1-3,5H3;1H/q+1;/p-1. The van der Waals surface area contributed by atoms with E-state index in [0.717, 1.165) is 6.16 Å². The first-order chi connectivity index (χ1) is 10.0. The fourth-order valence-electron chi connectivity index (χ4n) is 2.61. The van der Waals surface area contributed by atoms with E-state index in [1.54, 1.807) is 6.92 Å². The van der Waals surface area contributed by atoms with Crippen LogP contribution in [0, 0.1) is 0 Å². The molecule has 0 amide bonds. The second-order valence-corrected chi connectivity index (χ2v) is 10.7. The molecule has 0 aromatic heterocycles. The van der Waals surface area contributed by atoms with E-state index >= 15 is 0 Å². The summed E-state index contributed by atoms with van der Waals surface area (Å²) in [7, 11) is -0.939. The molecule has 22 heavy (non-hydrogen) atoms. The minimum atomic E-state index is -0.939. The Morgan fingerprint density at radius 1 is 0.909 bits per heavy atom. The Hall–Kier alpha value is 0.120. The van der Waals surface area contributed by atoms with E-state index in [1.807, 2.05) is 0 Å². The van der Waals surface area contributed by atoms with E-state index in [-0.39, 0.29) is 23.0 Å². The number of hydrogen-bond donors (Lipinski definition) is 0. The van der Waals surface area contributed by atoms with Gasteiger partial charge >= 0.3 is 5.97 Å². The first-order valence-corrected chi connectivity index (χ1v) is 11.2. The highest BCUT2D eigenvalue weighted by Gasteiger charge is 2.35. The summed E-state index contributed by atoms with van der Waals surface area (Å²) in [6.45, 7) is 12.8. The lowest BCUT2D eigenvalue weighted by Crippen LogP contribution is -3.00. The molecule has 0 saturated carbocycles. The normalized spacial score (nSPS) is 10.9. The van der Waals surface area contributed by atoms with Crippen LogP contribution in [0.4, 0.5) is 0 Å². The molecule has 0 spiro atoms. The molecule has 0 unspecified atom stereocenters. The van der Waals surface area contributed by atoms with Crippen LogP contribution in [0.15, 0.2) is 12.2 Å². The number of unbranched alkanes of at least 4 members (excludes halogenated alkanes) is 3. The largest absolute Gasteiger partial charge is 1.00 e. The predicted octanol–water partition coefficient (Wildman–Crippen LogP) is 2.53. The van der Waals surface area contributed by atoms with Gasteiger partial charge in [0, 0.05) is 12.8 Å². The number of carbonyl (C=O) groups excluding carboxylic acids is 1. The molecular weight excluding hydrogens is 359 g/mol.